The van der Waals surface area contributed by atoms with E-state index in [0.29, 0.717) is 11.8 Å². The van der Waals surface area contributed by atoms with Crippen molar-refractivity contribution in [2.45, 2.75) is 103 Å². The number of nitrogens with zero attached hydrogens (tertiary/aromatic N) is 4. The molecule has 6 rings (SSSR count). The maximum atomic E-state index is 6.39. The normalized spacial score (nSPS) is 20.4. The molecule has 0 aliphatic carbocycles. The van der Waals surface area contributed by atoms with Gasteiger partial charge in [0.15, 0.2) is 6.10 Å². The van der Waals surface area contributed by atoms with E-state index in [9.17, 15) is 0 Å². The molecule has 1 saturated heterocycles. The first-order chi connectivity index (χ1) is 24.8. The Kier molecular flexibility index (Phi) is 17.2. The molecule has 0 unspecified atom stereocenters. The number of benzene rings is 4. The Morgan fingerprint density at radius 3 is 1.20 bits per heavy atom. The number of aliphatic imine (C=N–C) groups is 1. The molecule has 6 nitrogen and oxygen atoms in total. The third-order valence-electron chi connectivity index (χ3n) is 7.73. The van der Waals surface area contributed by atoms with Gasteiger partial charge in [-0.2, -0.15) is 0 Å². The largest absolute Gasteiger partial charge is 3.00 e. The van der Waals surface area contributed by atoms with Crippen LogP contribution in [0.15, 0.2) is 138 Å². The van der Waals surface area contributed by atoms with Crippen molar-refractivity contribution in [1.29, 1.82) is 0 Å². The van der Waals surface area contributed by atoms with Crippen molar-refractivity contribution >= 4 is 38.8 Å². The Hall–Kier alpha value is -2.33. The fourth-order valence-electron chi connectivity index (χ4n) is 6.71. The van der Waals surface area contributed by atoms with Gasteiger partial charge >= 0.3 is 35.6 Å². The Bertz CT molecular complexity index is 1660. The second kappa shape index (κ2) is 20.2. The summed E-state index contributed by atoms with van der Waals surface area (Å²) in [7, 11) is -4.42. The molecule has 0 spiro atoms. The fourth-order valence-corrected chi connectivity index (χ4v) is 22.8. The molecule has 54 heavy (non-hydrogen) atoms. The van der Waals surface area contributed by atoms with Gasteiger partial charge in [0.1, 0.15) is 12.1 Å². The van der Waals surface area contributed by atoms with Crippen molar-refractivity contribution in [3.8, 4) is 0 Å². The maximum absolute atomic E-state index is 6.39. The molecule has 0 N–H and O–H groups in total. The average Bonchev–Trinajstić information content (AvgIpc) is 3.69. The van der Waals surface area contributed by atoms with Gasteiger partial charge in [-0.1, -0.05) is 238 Å². The van der Waals surface area contributed by atoms with Gasteiger partial charge < -0.3 is 24.1 Å². The average molecular weight is 917 g/mol. The summed E-state index contributed by atoms with van der Waals surface area (Å²) in [4.78, 5) is 4.95. The molecule has 2 aliphatic rings. The van der Waals surface area contributed by atoms with Crippen LogP contribution in [0, 0.1) is 35.6 Å². The van der Waals surface area contributed by atoms with E-state index in [2.05, 4.69) is 127 Å². The van der Waals surface area contributed by atoms with Crippen molar-refractivity contribution in [1.82, 2.24) is 0 Å². The van der Waals surface area contributed by atoms with Crippen LogP contribution in [0.2, 0.25) is 78.6 Å². The van der Waals surface area contributed by atoms with Gasteiger partial charge in [-0.3, -0.25) is 0 Å². The van der Waals surface area contributed by atoms with Crippen molar-refractivity contribution in [2.24, 2.45) is 4.99 Å². The van der Waals surface area contributed by atoms with Crippen molar-refractivity contribution < 1.29 is 45.1 Å². The molecule has 4 atom stereocenters. The number of rotatable bonds is 9. The fraction of sp³-hybridized carbons (Fsp3) is 0.372. The van der Waals surface area contributed by atoms with E-state index < -0.39 is 32.9 Å². The van der Waals surface area contributed by atoms with Gasteiger partial charge in [-0.15, -0.1) is 0 Å². The van der Waals surface area contributed by atoms with Gasteiger partial charge in [0, 0.05) is 12.0 Å². The van der Waals surface area contributed by atoms with Crippen molar-refractivity contribution in [3.05, 3.63) is 170 Å². The molecule has 0 bridgehead atoms. The molecule has 0 radical (unpaired) electrons. The van der Waals surface area contributed by atoms with E-state index in [-0.39, 0.29) is 59.9 Å². The molecule has 2 heterocycles. The maximum Gasteiger partial charge on any atom is 3.00 e. The van der Waals surface area contributed by atoms with Crippen LogP contribution >= 0.6 is 0 Å². The van der Waals surface area contributed by atoms with Crippen molar-refractivity contribution in [2.75, 3.05) is 0 Å². The first-order valence-corrected chi connectivity index (χ1v) is 32.6. The second-order valence-electron chi connectivity index (χ2n) is 17.6. The number of hydrogen-bond donors (Lipinski definition) is 0. The summed E-state index contributed by atoms with van der Waals surface area (Å²) in [6.45, 7) is 27.6. The number of hydrogen-bond acceptors (Lipinski definition) is 3. The molecule has 0 amide bonds. The van der Waals surface area contributed by atoms with Gasteiger partial charge in [0.05, 0.1) is 0 Å². The summed E-state index contributed by atoms with van der Waals surface area (Å²) in [5.74, 6) is 1.07. The Labute approximate surface area is 359 Å². The second-order valence-corrected chi connectivity index (χ2v) is 36.8. The molecule has 4 aromatic rings. The van der Waals surface area contributed by atoms with Gasteiger partial charge in [0.25, 0.3) is 0 Å². The Balaban J connectivity index is 0.000000345. The monoisotopic (exact) mass is 916 g/mol. The molecule has 4 aromatic carbocycles. The quantitative estimate of drug-likeness (QED) is 0.157. The zero-order chi connectivity index (χ0) is 38.9. The standard InChI is InChI=1S/C31H25N2O2.2C6H18NSi2.La/c1-5-13-22(14-6-1)28-30(24-17-9-3-10-18-24)34-26(32-28)21-27-33-29(23-15-7-2-8-16-23)31(35-27)25-19-11-4-12-20-25;2*1-8(2,3)7-9(4,5)6;/h1-21,28-31H;2*1-6H3;/q3*-1;+3/b26-21+;;;/t28-,29-,30+,31+;;;/m1.../s1. The summed E-state index contributed by atoms with van der Waals surface area (Å²) in [5, 5.41) is 4.95. The van der Waals surface area contributed by atoms with Crippen LogP contribution in [0.3, 0.4) is 0 Å². The van der Waals surface area contributed by atoms with E-state index >= 15 is 0 Å². The SMILES string of the molecule is C(/C1=N[C@H](c2ccccc2)[C@H](c2ccccc2)O1)=C1/[N-][C@H](c2ccccc2)[C@H](c2ccccc2)O1.C[Si](C)(C)[N-][Si](C)(C)C.C[Si](C)(C)[N-][Si](C)(C)C.[La+3]. The van der Waals surface area contributed by atoms with Crippen molar-refractivity contribution in [3.63, 3.8) is 0 Å². The predicted octanol–water partition coefficient (Wildman–Crippen LogP) is 13.7. The van der Waals surface area contributed by atoms with Crippen LogP contribution in [0.25, 0.3) is 14.6 Å². The van der Waals surface area contributed by atoms with Gasteiger partial charge in [-0.05, 0) is 22.7 Å². The molecule has 2 aliphatic heterocycles. The summed E-state index contributed by atoms with van der Waals surface area (Å²) < 4.78 is 22.4. The smallest absolute Gasteiger partial charge is 0.668 e. The first-order valence-electron chi connectivity index (χ1n) is 18.8. The van der Waals surface area contributed by atoms with Crippen LogP contribution in [-0.4, -0.2) is 38.8 Å². The molecule has 1 fully saturated rings. The van der Waals surface area contributed by atoms with Gasteiger partial charge in [0.2, 0.25) is 5.90 Å². The van der Waals surface area contributed by atoms with E-state index in [1.165, 1.54) is 0 Å². The van der Waals surface area contributed by atoms with Crippen LogP contribution < -0.4 is 0 Å². The third-order valence-corrected chi connectivity index (χ3v) is 18.5. The minimum Gasteiger partial charge on any atom is -0.668 e. The van der Waals surface area contributed by atoms with Crippen LogP contribution in [0.5, 0.6) is 0 Å². The molecule has 0 saturated carbocycles. The molecule has 0 aromatic heterocycles. The summed E-state index contributed by atoms with van der Waals surface area (Å²) >= 11 is 0. The minimum atomic E-state index is -1.11. The van der Waals surface area contributed by atoms with E-state index in [4.69, 9.17) is 29.1 Å². The molecule has 284 valence electrons. The Morgan fingerprint density at radius 1 is 0.481 bits per heavy atom. The summed E-state index contributed by atoms with van der Waals surface area (Å²) in [5.41, 5.74) is 4.41. The van der Waals surface area contributed by atoms with Crippen LogP contribution in [0.1, 0.15) is 46.5 Å². The van der Waals surface area contributed by atoms with E-state index in [1.54, 1.807) is 0 Å². The van der Waals surface area contributed by atoms with E-state index in [1.807, 2.05) is 78.9 Å². The third kappa shape index (κ3) is 16.0. The van der Waals surface area contributed by atoms with Crippen LogP contribution in [0.4, 0.5) is 0 Å². The van der Waals surface area contributed by atoms with Crippen LogP contribution in [-0.2, 0) is 9.47 Å². The zero-order valence-electron chi connectivity index (χ0n) is 34.6. The summed E-state index contributed by atoms with van der Waals surface area (Å²) in [6.07, 6.45) is 1.42. The molecular weight excluding hydrogens is 856 g/mol. The number of ether oxygens (including phenoxy) is 2. The van der Waals surface area contributed by atoms with Gasteiger partial charge in [-0.25, -0.2) is 4.99 Å². The predicted molar refractivity (Wildman–Crippen MR) is 238 cm³/mol. The topological polar surface area (TPSA) is 73.1 Å². The van der Waals surface area contributed by atoms with E-state index in [0.717, 1.165) is 22.3 Å². The zero-order valence-corrected chi connectivity index (χ0v) is 42.2. The Morgan fingerprint density at radius 2 is 0.833 bits per heavy atom. The molecular formula is C43H61LaN4O2Si4. The molecule has 11 heteroatoms. The first kappa shape index (κ1) is 46.1. The summed E-state index contributed by atoms with van der Waals surface area (Å²) in [6, 6.07) is 40.7. The minimum absolute atomic E-state index is 0.